The second kappa shape index (κ2) is 8.22. The lowest BCUT2D eigenvalue weighted by Crippen LogP contribution is -2.04. The van der Waals surface area contributed by atoms with Gasteiger partial charge in [0.15, 0.2) is 11.5 Å². The van der Waals surface area contributed by atoms with Crippen LogP contribution in [0.1, 0.15) is 18.9 Å². The third kappa shape index (κ3) is 5.65. The second-order valence-electron chi connectivity index (χ2n) is 4.00. The van der Waals surface area contributed by atoms with E-state index in [1.165, 1.54) is 13.2 Å². The normalized spacial score (nSPS) is 12.5. The number of halogens is 2. The number of methoxy groups -OCH3 is 1. The van der Waals surface area contributed by atoms with E-state index in [0.29, 0.717) is 11.0 Å². The van der Waals surface area contributed by atoms with Crippen LogP contribution >= 0.6 is 11.8 Å². The zero-order valence-electron chi connectivity index (χ0n) is 10.9. The van der Waals surface area contributed by atoms with Crippen LogP contribution in [-0.2, 0) is 5.75 Å². The number of thioether (sulfide) groups is 1. The molecule has 0 bridgehead atoms. The van der Waals surface area contributed by atoms with Crippen molar-refractivity contribution in [2.45, 2.75) is 31.0 Å². The highest BCUT2D eigenvalue weighted by molar-refractivity contribution is 7.99. The largest absolute Gasteiger partial charge is 0.493 e. The summed E-state index contributed by atoms with van der Waals surface area (Å²) in [6, 6.07) is 4.91. The monoisotopic (exact) mass is 292 g/mol. The molecule has 0 saturated heterocycles. The third-order valence-corrected chi connectivity index (χ3v) is 3.82. The Labute approximate surface area is 115 Å². The molecule has 0 aromatic heterocycles. The maximum absolute atomic E-state index is 12.2. The Kier molecular flexibility index (Phi) is 6.94. The van der Waals surface area contributed by atoms with Crippen LogP contribution in [-0.4, -0.2) is 30.7 Å². The van der Waals surface area contributed by atoms with Gasteiger partial charge in [-0.25, -0.2) is 0 Å². The van der Waals surface area contributed by atoms with Crippen molar-refractivity contribution in [2.24, 2.45) is 0 Å². The van der Waals surface area contributed by atoms with Gasteiger partial charge < -0.3 is 14.6 Å². The summed E-state index contributed by atoms with van der Waals surface area (Å²) in [7, 11) is 1.42. The molecule has 19 heavy (non-hydrogen) atoms. The SMILES string of the molecule is COc1cc(CSC(C)CCO)ccc1OC(F)F. The molecule has 108 valence electrons. The fourth-order valence-corrected chi connectivity index (χ4v) is 2.43. The van der Waals surface area contributed by atoms with Crippen molar-refractivity contribution in [1.29, 1.82) is 0 Å². The summed E-state index contributed by atoms with van der Waals surface area (Å²) in [5.41, 5.74) is 0.966. The Morgan fingerprint density at radius 2 is 2.05 bits per heavy atom. The molecule has 1 aromatic carbocycles. The van der Waals surface area contributed by atoms with E-state index in [1.54, 1.807) is 23.9 Å². The fourth-order valence-electron chi connectivity index (χ4n) is 1.50. The Balaban J connectivity index is 2.65. The first-order valence-corrected chi connectivity index (χ1v) is 6.96. The van der Waals surface area contributed by atoms with Crippen molar-refractivity contribution in [3.05, 3.63) is 23.8 Å². The molecule has 0 heterocycles. The van der Waals surface area contributed by atoms with Crippen LogP contribution in [0.15, 0.2) is 18.2 Å². The van der Waals surface area contributed by atoms with Crippen molar-refractivity contribution >= 4 is 11.8 Å². The van der Waals surface area contributed by atoms with E-state index >= 15 is 0 Å². The molecule has 0 aliphatic heterocycles. The Morgan fingerprint density at radius 1 is 1.32 bits per heavy atom. The molecule has 0 spiro atoms. The minimum absolute atomic E-state index is 0.0367. The lowest BCUT2D eigenvalue weighted by molar-refractivity contribution is -0.0512. The summed E-state index contributed by atoms with van der Waals surface area (Å²) in [6.45, 7) is -0.663. The summed E-state index contributed by atoms with van der Waals surface area (Å²) < 4.78 is 33.7. The summed E-state index contributed by atoms with van der Waals surface area (Å²) in [5, 5.41) is 9.16. The maximum atomic E-state index is 12.2. The quantitative estimate of drug-likeness (QED) is 0.798. The fraction of sp³-hybridized carbons (Fsp3) is 0.538. The molecule has 3 nitrogen and oxygen atoms in total. The van der Waals surface area contributed by atoms with E-state index in [0.717, 1.165) is 17.7 Å². The van der Waals surface area contributed by atoms with Gasteiger partial charge in [-0.3, -0.25) is 0 Å². The zero-order chi connectivity index (χ0) is 14.3. The molecule has 0 radical (unpaired) electrons. The molecular weight excluding hydrogens is 274 g/mol. The van der Waals surface area contributed by atoms with Crippen molar-refractivity contribution in [3.8, 4) is 11.5 Å². The molecule has 0 aliphatic carbocycles. The summed E-state index contributed by atoms with van der Waals surface area (Å²) >= 11 is 1.69. The highest BCUT2D eigenvalue weighted by atomic mass is 32.2. The smallest absolute Gasteiger partial charge is 0.387 e. The van der Waals surface area contributed by atoms with Gasteiger partial charge in [0, 0.05) is 17.6 Å². The summed E-state index contributed by atoms with van der Waals surface area (Å²) in [6.07, 6.45) is 0.731. The maximum Gasteiger partial charge on any atom is 0.387 e. The van der Waals surface area contributed by atoms with Gasteiger partial charge in [-0.05, 0) is 24.1 Å². The minimum atomic E-state index is -2.86. The molecule has 6 heteroatoms. The predicted molar refractivity (Wildman–Crippen MR) is 72.1 cm³/mol. The number of hydrogen-bond acceptors (Lipinski definition) is 4. The number of aliphatic hydroxyl groups is 1. The average Bonchev–Trinajstić information content (AvgIpc) is 2.37. The van der Waals surface area contributed by atoms with E-state index in [9.17, 15) is 8.78 Å². The number of ether oxygens (including phenoxy) is 2. The van der Waals surface area contributed by atoms with Gasteiger partial charge in [-0.15, -0.1) is 0 Å². The lowest BCUT2D eigenvalue weighted by Gasteiger charge is -2.13. The molecule has 1 aromatic rings. The highest BCUT2D eigenvalue weighted by Gasteiger charge is 2.11. The van der Waals surface area contributed by atoms with E-state index in [1.807, 2.05) is 6.92 Å². The van der Waals surface area contributed by atoms with Gasteiger partial charge in [-0.2, -0.15) is 20.5 Å². The molecule has 0 saturated carbocycles. The van der Waals surface area contributed by atoms with Crippen molar-refractivity contribution < 1.29 is 23.4 Å². The van der Waals surface area contributed by atoms with Crippen LogP contribution in [0.5, 0.6) is 11.5 Å². The van der Waals surface area contributed by atoms with Crippen molar-refractivity contribution in [2.75, 3.05) is 13.7 Å². The van der Waals surface area contributed by atoms with E-state index in [4.69, 9.17) is 9.84 Å². The van der Waals surface area contributed by atoms with Gasteiger partial charge in [0.2, 0.25) is 0 Å². The molecule has 1 atom stereocenters. The Morgan fingerprint density at radius 3 is 2.63 bits per heavy atom. The predicted octanol–water partition coefficient (Wildman–Crippen LogP) is 3.30. The van der Waals surface area contributed by atoms with Crippen LogP contribution in [0, 0.1) is 0 Å². The zero-order valence-corrected chi connectivity index (χ0v) is 11.8. The summed E-state index contributed by atoms with van der Waals surface area (Å²) in [4.78, 5) is 0. The number of benzene rings is 1. The number of alkyl halides is 2. The van der Waals surface area contributed by atoms with Gasteiger partial charge in [-0.1, -0.05) is 13.0 Å². The lowest BCUT2D eigenvalue weighted by atomic mass is 10.2. The first kappa shape index (κ1) is 16.0. The molecule has 1 N–H and O–H groups in total. The van der Waals surface area contributed by atoms with Gasteiger partial charge in [0.05, 0.1) is 7.11 Å². The molecule has 0 aliphatic rings. The van der Waals surface area contributed by atoms with Crippen LogP contribution in [0.4, 0.5) is 8.78 Å². The standard InChI is InChI=1S/C13H18F2O3S/c1-9(5-6-16)19-8-10-3-4-11(18-13(14)15)12(7-10)17-2/h3-4,7,9,13,16H,5-6,8H2,1-2H3. The number of hydrogen-bond donors (Lipinski definition) is 1. The van der Waals surface area contributed by atoms with Crippen LogP contribution in [0.25, 0.3) is 0 Å². The number of rotatable bonds is 8. The molecule has 0 fully saturated rings. The van der Waals surface area contributed by atoms with Crippen LogP contribution < -0.4 is 9.47 Å². The van der Waals surface area contributed by atoms with E-state index in [-0.39, 0.29) is 12.4 Å². The molecular formula is C13H18F2O3S. The third-order valence-electron chi connectivity index (χ3n) is 2.51. The average molecular weight is 292 g/mol. The highest BCUT2D eigenvalue weighted by Crippen LogP contribution is 2.31. The topological polar surface area (TPSA) is 38.7 Å². The van der Waals surface area contributed by atoms with Gasteiger partial charge in [0.1, 0.15) is 0 Å². The van der Waals surface area contributed by atoms with Crippen molar-refractivity contribution in [1.82, 2.24) is 0 Å². The Hall–Kier alpha value is -1.01. The molecule has 1 rings (SSSR count). The Bertz CT molecular complexity index is 388. The van der Waals surface area contributed by atoms with Gasteiger partial charge >= 0.3 is 6.61 Å². The molecule has 1 unspecified atom stereocenters. The number of aliphatic hydroxyl groups excluding tert-OH is 1. The minimum Gasteiger partial charge on any atom is -0.493 e. The first-order chi connectivity index (χ1) is 9.06. The summed E-state index contributed by atoms with van der Waals surface area (Å²) in [5.74, 6) is 1.06. The van der Waals surface area contributed by atoms with Crippen LogP contribution in [0.3, 0.4) is 0 Å². The first-order valence-electron chi connectivity index (χ1n) is 5.91. The van der Waals surface area contributed by atoms with Crippen LogP contribution in [0.2, 0.25) is 0 Å². The van der Waals surface area contributed by atoms with E-state index in [2.05, 4.69) is 4.74 Å². The van der Waals surface area contributed by atoms with Crippen molar-refractivity contribution in [3.63, 3.8) is 0 Å². The van der Waals surface area contributed by atoms with E-state index < -0.39 is 6.61 Å². The second-order valence-corrected chi connectivity index (χ2v) is 5.42. The molecule has 0 amide bonds. The van der Waals surface area contributed by atoms with Gasteiger partial charge in [0.25, 0.3) is 0 Å².